The minimum atomic E-state index is -1.25. The highest BCUT2D eigenvalue weighted by Crippen LogP contribution is 2.27. The van der Waals surface area contributed by atoms with Gasteiger partial charge in [-0.1, -0.05) is 78.0 Å². The zero-order valence-electron chi connectivity index (χ0n) is 17.3. The number of nitrogens with one attached hydrogen (secondary N) is 1. The fraction of sp³-hybridized carbons (Fsp3) is 0.0833. The normalized spacial score (nSPS) is 11.2. The summed E-state index contributed by atoms with van der Waals surface area (Å²) in [6.45, 7) is 0.532. The Morgan fingerprint density at radius 3 is 2.55 bits per heavy atom. The molecule has 7 nitrogen and oxygen atoms in total. The summed E-state index contributed by atoms with van der Waals surface area (Å²) in [5.41, 5.74) is 5.95. The van der Waals surface area contributed by atoms with Gasteiger partial charge in [-0.25, -0.2) is 10.4 Å². The number of thioether (sulfide) groups is 1. The number of carboxylic acid groups (broad SMARTS) is 1. The topological polar surface area (TPSA) is 99.4 Å². The number of para-hydroxylation sites is 2. The number of aromatic nitrogens is 2. The number of fused-ring (bicyclic) bond motifs is 1. The first-order valence-corrected chi connectivity index (χ1v) is 11.3. The van der Waals surface area contributed by atoms with Gasteiger partial charge in [0.05, 0.1) is 35.5 Å². The SMILES string of the molecule is O=C(CSc1nc2ccccc2n1Cc1ccccc1Cl)NN=Cc1ccc(C(=O)[O-])cc1. The maximum absolute atomic E-state index is 12.3. The summed E-state index contributed by atoms with van der Waals surface area (Å²) >= 11 is 7.66. The van der Waals surface area contributed by atoms with E-state index in [4.69, 9.17) is 11.6 Å². The van der Waals surface area contributed by atoms with Gasteiger partial charge in [0.15, 0.2) is 5.16 Å². The Morgan fingerprint density at radius 1 is 1.06 bits per heavy atom. The van der Waals surface area contributed by atoms with E-state index in [1.54, 1.807) is 12.1 Å². The molecule has 0 saturated carbocycles. The Kier molecular flexibility index (Phi) is 7.07. The van der Waals surface area contributed by atoms with Crippen LogP contribution < -0.4 is 10.5 Å². The maximum Gasteiger partial charge on any atom is 0.250 e. The number of aromatic carboxylic acids is 1. The lowest BCUT2D eigenvalue weighted by Crippen LogP contribution is -2.22. The number of carbonyl (C=O) groups excluding carboxylic acids is 2. The fourth-order valence-electron chi connectivity index (χ4n) is 3.16. The zero-order chi connectivity index (χ0) is 23.2. The van der Waals surface area contributed by atoms with E-state index in [9.17, 15) is 14.7 Å². The molecule has 1 N–H and O–H groups in total. The molecule has 9 heteroatoms. The summed E-state index contributed by atoms with van der Waals surface area (Å²) in [7, 11) is 0. The third-order valence-electron chi connectivity index (χ3n) is 4.79. The van der Waals surface area contributed by atoms with Crippen LogP contribution in [0.25, 0.3) is 11.0 Å². The molecule has 3 aromatic carbocycles. The van der Waals surface area contributed by atoms with Gasteiger partial charge in [-0.3, -0.25) is 4.79 Å². The molecule has 0 spiro atoms. The molecule has 0 unspecified atom stereocenters. The van der Waals surface area contributed by atoms with Crippen molar-refractivity contribution < 1.29 is 14.7 Å². The van der Waals surface area contributed by atoms with Gasteiger partial charge in [0.2, 0.25) is 0 Å². The van der Waals surface area contributed by atoms with E-state index in [0.717, 1.165) is 16.6 Å². The Bertz CT molecular complexity index is 1340. The lowest BCUT2D eigenvalue weighted by molar-refractivity contribution is -0.255. The number of hydrogen-bond acceptors (Lipinski definition) is 6. The second-order valence-electron chi connectivity index (χ2n) is 7.05. The monoisotopic (exact) mass is 477 g/mol. The highest BCUT2D eigenvalue weighted by Gasteiger charge is 2.14. The number of nitrogens with zero attached hydrogens (tertiary/aromatic N) is 3. The maximum atomic E-state index is 12.3. The molecule has 0 atom stereocenters. The van der Waals surface area contributed by atoms with E-state index >= 15 is 0 Å². The van der Waals surface area contributed by atoms with E-state index in [0.29, 0.717) is 22.3 Å². The van der Waals surface area contributed by atoms with Gasteiger partial charge in [-0.05, 0) is 34.9 Å². The smallest absolute Gasteiger partial charge is 0.250 e. The molecular formula is C24H18ClN4O3S-. The van der Waals surface area contributed by atoms with Crippen LogP contribution in [0.2, 0.25) is 5.02 Å². The number of hydrazone groups is 1. The lowest BCUT2D eigenvalue weighted by Gasteiger charge is -2.10. The highest BCUT2D eigenvalue weighted by molar-refractivity contribution is 7.99. The van der Waals surface area contributed by atoms with Crippen LogP contribution in [0.4, 0.5) is 0 Å². The predicted octanol–water partition coefficient (Wildman–Crippen LogP) is 3.34. The molecule has 4 rings (SSSR count). The van der Waals surface area contributed by atoms with Gasteiger partial charge in [0.1, 0.15) is 0 Å². The number of imidazole rings is 1. The summed E-state index contributed by atoms with van der Waals surface area (Å²) in [5.74, 6) is -1.42. The van der Waals surface area contributed by atoms with E-state index in [-0.39, 0.29) is 17.2 Å². The Labute approximate surface area is 199 Å². The molecule has 0 aliphatic rings. The Hall–Kier alpha value is -3.62. The van der Waals surface area contributed by atoms with Crippen LogP contribution >= 0.6 is 23.4 Å². The zero-order valence-corrected chi connectivity index (χ0v) is 18.8. The number of rotatable bonds is 8. The number of amides is 1. The summed E-state index contributed by atoms with van der Waals surface area (Å²) < 4.78 is 2.04. The van der Waals surface area contributed by atoms with Gasteiger partial charge in [0, 0.05) is 5.02 Å². The molecule has 4 aromatic rings. The van der Waals surface area contributed by atoms with Gasteiger partial charge >= 0.3 is 0 Å². The molecule has 33 heavy (non-hydrogen) atoms. The molecule has 1 heterocycles. The van der Waals surface area contributed by atoms with Crippen LogP contribution in [0, 0.1) is 0 Å². The Morgan fingerprint density at radius 2 is 1.79 bits per heavy atom. The molecular weight excluding hydrogens is 460 g/mol. The molecule has 0 aliphatic heterocycles. The van der Waals surface area contributed by atoms with Crippen molar-refractivity contribution in [3.05, 3.63) is 94.5 Å². The summed E-state index contributed by atoms with van der Waals surface area (Å²) in [5, 5.41) is 16.1. The van der Waals surface area contributed by atoms with Crippen molar-refractivity contribution in [2.45, 2.75) is 11.7 Å². The van der Waals surface area contributed by atoms with Gasteiger partial charge < -0.3 is 14.5 Å². The first-order valence-electron chi connectivity index (χ1n) is 9.96. The average molecular weight is 478 g/mol. The van der Waals surface area contributed by atoms with E-state index < -0.39 is 5.97 Å². The molecule has 0 saturated heterocycles. The third-order valence-corrected chi connectivity index (χ3v) is 6.13. The van der Waals surface area contributed by atoms with Crippen LogP contribution in [0.1, 0.15) is 21.5 Å². The van der Waals surface area contributed by atoms with Crippen LogP contribution in [-0.4, -0.2) is 33.4 Å². The number of halogens is 1. The quantitative estimate of drug-likeness (QED) is 0.238. The second-order valence-corrected chi connectivity index (χ2v) is 8.40. The largest absolute Gasteiger partial charge is 0.545 e. The van der Waals surface area contributed by atoms with Gasteiger partial charge in [-0.15, -0.1) is 0 Å². The first kappa shape index (κ1) is 22.6. The van der Waals surface area contributed by atoms with Crippen molar-refractivity contribution in [3.63, 3.8) is 0 Å². The Balaban J connectivity index is 1.43. The molecule has 1 amide bonds. The minimum absolute atomic E-state index is 0.0762. The van der Waals surface area contributed by atoms with Gasteiger partial charge in [0.25, 0.3) is 5.91 Å². The highest BCUT2D eigenvalue weighted by atomic mass is 35.5. The second kappa shape index (κ2) is 10.3. The first-order chi connectivity index (χ1) is 16.0. The average Bonchev–Trinajstić information content (AvgIpc) is 3.17. The fourth-order valence-corrected chi connectivity index (χ4v) is 4.16. The van der Waals surface area contributed by atoms with Crippen LogP contribution in [0.5, 0.6) is 0 Å². The van der Waals surface area contributed by atoms with Crippen molar-refractivity contribution >= 4 is 52.5 Å². The number of carboxylic acids is 1. The van der Waals surface area contributed by atoms with Crippen molar-refractivity contribution in [2.24, 2.45) is 5.10 Å². The van der Waals surface area contributed by atoms with Crippen LogP contribution in [0.3, 0.4) is 0 Å². The van der Waals surface area contributed by atoms with Crippen molar-refractivity contribution in [1.82, 2.24) is 15.0 Å². The van der Waals surface area contributed by atoms with Crippen molar-refractivity contribution in [3.8, 4) is 0 Å². The third kappa shape index (κ3) is 5.60. The molecule has 0 bridgehead atoms. The van der Waals surface area contributed by atoms with Crippen molar-refractivity contribution in [2.75, 3.05) is 5.75 Å². The number of hydrogen-bond donors (Lipinski definition) is 1. The molecule has 0 fully saturated rings. The van der Waals surface area contributed by atoms with E-state index in [1.807, 2.05) is 53.1 Å². The van der Waals surface area contributed by atoms with Crippen molar-refractivity contribution in [1.29, 1.82) is 0 Å². The van der Waals surface area contributed by atoms with Gasteiger partial charge in [-0.2, -0.15) is 5.10 Å². The lowest BCUT2D eigenvalue weighted by atomic mass is 10.1. The standard InChI is InChI=1S/C24H19ClN4O3S/c25-19-6-2-1-5-18(19)14-29-21-8-4-3-7-20(21)27-24(29)33-15-22(30)28-26-13-16-9-11-17(12-10-16)23(31)32/h1-13H,14-15H2,(H,28,30)(H,31,32)/p-1. The van der Waals surface area contributed by atoms with Crippen LogP contribution in [0.15, 0.2) is 83.1 Å². The van der Waals surface area contributed by atoms with E-state index in [2.05, 4.69) is 15.5 Å². The minimum Gasteiger partial charge on any atom is -0.545 e. The number of benzene rings is 3. The molecule has 1 aromatic heterocycles. The molecule has 166 valence electrons. The summed E-state index contributed by atoms with van der Waals surface area (Å²) in [4.78, 5) is 27.8. The number of carbonyl (C=O) groups is 2. The van der Waals surface area contributed by atoms with Crippen LogP contribution in [-0.2, 0) is 11.3 Å². The molecule has 0 aliphatic carbocycles. The summed E-state index contributed by atoms with van der Waals surface area (Å²) in [6.07, 6.45) is 1.44. The van der Waals surface area contributed by atoms with E-state index in [1.165, 1.54) is 30.1 Å². The predicted molar refractivity (Wildman–Crippen MR) is 128 cm³/mol. The molecule has 0 radical (unpaired) electrons. The summed E-state index contributed by atoms with van der Waals surface area (Å²) in [6, 6.07) is 21.4.